The summed E-state index contributed by atoms with van der Waals surface area (Å²) in [6.45, 7) is 6.05. The normalized spacial score (nSPS) is 15.0. The highest BCUT2D eigenvalue weighted by atomic mass is 35.5. The van der Waals surface area contributed by atoms with E-state index in [1.807, 2.05) is 45.2 Å². The van der Waals surface area contributed by atoms with Crippen molar-refractivity contribution in [2.75, 3.05) is 11.2 Å². The summed E-state index contributed by atoms with van der Waals surface area (Å²) < 4.78 is 6.44. The molecule has 31 heavy (non-hydrogen) atoms. The van der Waals surface area contributed by atoms with E-state index in [9.17, 15) is 4.79 Å². The number of carbonyl (C=O) groups excluding carboxylic acids is 1. The van der Waals surface area contributed by atoms with Gasteiger partial charge >= 0.3 is 0 Å². The summed E-state index contributed by atoms with van der Waals surface area (Å²) in [5.74, 6) is 0.293. The van der Waals surface area contributed by atoms with Crippen molar-refractivity contribution in [1.29, 1.82) is 0 Å². The van der Waals surface area contributed by atoms with Crippen LogP contribution in [0.25, 0.3) is 11.3 Å². The summed E-state index contributed by atoms with van der Waals surface area (Å²) >= 11 is 7.70. The van der Waals surface area contributed by atoms with E-state index in [4.69, 9.17) is 16.3 Å². The van der Waals surface area contributed by atoms with Crippen molar-refractivity contribution in [1.82, 2.24) is 15.2 Å². The van der Waals surface area contributed by atoms with Gasteiger partial charge in [0.15, 0.2) is 5.69 Å². The summed E-state index contributed by atoms with van der Waals surface area (Å²) in [5.41, 5.74) is 4.89. The number of nitrogens with zero attached hydrogens (tertiary/aromatic N) is 4. The molecule has 0 fully saturated rings. The summed E-state index contributed by atoms with van der Waals surface area (Å²) in [7, 11) is 0. The summed E-state index contributed by atoms with van der Waals surface area (Å²) in [5, 5.41) is 9.60. The minimum Gasteiger partial charge on any atom is -0.447 e. The van der Waals surface area contributed by atoms with Crippen LogP contribution >= 0.6 is 23.4 Å². The Morgan fingerprint density at radius 3 is 2.71 bits per heavy atom. The first-order valence-corrected chi connectivity index (χ1v) is 11.7. The lowest BCUT2D eigenvalue weighted by molar-refractivity contribution is -0.120. The number of ether oxygens (including phenoxy) is 1. The van der Waals surface area contributed by atoms with Gasteiger partial charge in [-0.15, -0.1) is 10.2 Å². The molecule has 0 bridgehead atoms. The minimum absolute atomic E-state index is 0.0399. The first-order valence-electron chi connectivity index (χ1n) is 10.1. The fraction of sp³-hybridized carbons (Fsp3) is 0.304. The van der Waals surface area contributed by atoms with Crippen molar-refractivity contribution < 1.29 is 9.53 Å². The molecule has 6 nitrogen and oxygen atoms in total. The van der Waals surface area contributed by atoms with Gasteiger partial charge in [-0.2, -0.15) is 4.98 Å². The third-order valence-corrected chi connectivity index (χ3v) is 5.95. The van der Waals surface area contributed by atoms with Gasteiger partial charge in [-0.05, 0) is 50.3 Å². The van der Waals surface area contributed by atoms with E-state index < -0.39 is 6.23 Å². The Morgan fingerprint density at radius 1 is 1.19 bits per heavy atom. The first-order chi connectivity index (χ1) is 14.9. The van der Waals surface area contributed by atoms with E-state index in [-0.39, 0.29) is 5.91 Å². The number of thioether (sulfide) groups is 1. The molecule has 1 aliphatic heterocycles. The molecule has 1 unspecified atom stereocenters. The number of fused-ring (bicyclic) bond motifs is 3. The maximum absolute atomic E-state index is 13.4. The second-order valence-corrected chi connectivity index (χ2v) is 8.67. The molecule has 0 N–H and O–H groups in total. The largest absolute Gasteiger partial charge is 0.447 e. The molecule has 1 aromatic heterocycles. The molecule has 0 spiro atoms. The van der Waals surface area contributed by atoms with Crippen LogP contribution in [0.4, 0.5) is 5.69 Å². The van der Waals surface area contributed by atoms with Gasteiger partial charge in [-0.1, -0.05) is 54.0 Å². The number of halogens is 1. The summed E-state index contributed by atoms with van der Waals surface area (Å²) in [4.78, 5) is 19.7. The second-order valence-electron chi connectivity index (χ2n) is 7.46. The van der Waals surface area contributed by atoms with Crippen LogP contribution in [0.3, 0.4) is 0 Å². The molecule has 0 saturated heterocycles. The Kier molecular flexibility index (Phi) is 6.16. The zero-order chi connectivity index (χ0) is 22.1. The standard InChI is InChI=1S/C23H23ClN4O2S/c1-5-6-19(29)28-18-10-8-15(24)12-17(18)20-21(25-23(31-4)27-26-20)30-22(28)16-9-7-13(2)11-14(16)3/h7-12,22H,5-6H2,1-4H3. The van der Waals surface area contributed by atoms with Gasteiger partial charge in [0.1, 0.15) is 0 Å². The molecule has 2 heterocycles. The fourth-order valence-electron chi connectivity index (χ4n) is 3.73. The SMILES string of the molecule is CCCC(=O)N1c2ccc(Cl)cc2-c2nnc(SC)nc2OC1c1ccc(C)cc1C. The van der Waals surface area contributed by atoms with Crippen LogP contribution in [0.2, 0.25) is 5.02 Å². The van der Waals surface area contributed by atoms with E-state index in [0.717, 1.165) is 23.1 Å². The lowest BCUT2D eigenvalue weighted by Gasteiger charge is -2.32. The monoisotopic (exact) mass is 454 g/mol. The number of hydrogen-bond acceptors (Lipinski definition) is 6. The number of benzene rings is 2. The molecule has 3 aromatic rings. The molecule has 1 amide bonds. The van der Waals surface area contributed by atoms with Gasteiger partial charge in [0.2, 0.25) is 23.2 Å². The molecular formula is C23H23ClN4O2S. The number of anilines is 1. The number of carbonyl (C=O) groups is 1. The van der Waals surface area contributed by atoms with Crippen molar-refractivity contribution in [3.63, 3.8) is 0 Å². The molecule has 0 aliphatic carbocycles. The van der Waals surface area contributed by atoms with Gasteiger partial charge in [0.25, 0.3) is 0 Å². The minimum atomic E-state index is -0.688. The van der Waals surface area contributed by atoms with Gasteiger partial charge < -0.3 is 4.74 Å². The maximum atomic E-state index is 13.4. The van der Waals surface area contributed by atoms with Crippen molar-refractivity contribution in [3.8, 4) is 17.1 Å². The highest BCUT2D eigenvalue weighted by Gasteiger charge is 2.36. The van der Waals surface area contributed by atoms with Crippen LogP contribution in [0, 0.1) is 13.8 Å². The van der Waals surface area contributed by atoms with Crippen molar-refractivity contribution in [3.05, 3.63) is 58.1 Å². The smallest absolute Gasteiger partial charge is 0.247 e. The predicted molar refractivity (Wildman–Crippen MR) is 124 cm³/mol. The second kappa shape index (κ2) is 8.85. The van der Waals surface area contributed by atoms with Gasteiger partial charge in [0, 0.05) is 22.6 Å². The molecule has 8 heteroatoms. The van der Waals surface area contributed by atoms with Gasteiger partial charge in [0.05, 0.1) is 5.69 Å². The van der Waals surface area contributed by atoms with E-state index in [1.54, 1.807) is 17.0 Å². The van der Waals surface area contributed by atoms with E-state index in [0.29, 0.717) is 39.4 Å². The Balaban J connectivity index is 2.00. The third kappa shape index (κ3) is 4.12. The lowest BCUT2D eigenvalue weighted by Crippen LogP contribution is -2.38. The van der Waals surface area contributed by atoms with Gasteiger partial charge in [-0.25, -0.2) is 0 Å². The van der Waals surface area contributed by atoms with Crippen LogP contribution in [-0.2, 0) is 4.79 Å². The zero-order valence-electron chi connectivity index (χ0n) is 17.8. The van der Waals surface area contributed by atoms with Crippen LogP contribution in [0.5, 0.6) is 5.88 Å². The number of aromatic nitrogens is 3. The number of amides is 1. The van der Waals surface area contributed by atoms with Gasteiger partial charge in [-0.3, -0.25) is 9.69 Å². The van der Waals surface area contributed by atoms with E-state index >= 15 is 0 Å². The van der Waals surface area contributed by atoms with E-state index in [1.165, 1.54) is 11.8 Å². The fourth-order valence-corrected chi connectivity index (χ4v) is 4.20. The molecule has 160 valence electrons. The number of aryl methyl sites for hydroxylation is 2. The molecule has 4 rings (SSSR count). The lowest BCUT2D eigenvalue weighted by atomic mass is 10.0. The van der Waals surface area contributed by atoms with Crippen LogP contribution in [-0.4, -0.2) is 27.3 Å². The Labute approximate surface area is 191 Å². The maximum Gasteiger partial charge on any atom is 0.247 e. The van der Waals surface area contributed by atoms with Crippen LogP contribution in [0.15, 0.2) is 41.6 Å². The Hall–Kier alpha value is -2.64. The molecular weight excluding hydrogens is 432 g/mol. The van der Waals surface area contributed by atoms with Crippen molar-refractivity contribution in [2.45, 2.75) is 45.0 Å². The topological polar surface area (TPSA) is 68.2 Å². The molecule has 0 saturated carbocycles. The highest BCUT2D eigenvalue weighted by Crippen LogP contribution is 2.45. The molecule has 1 aliphatic rings. The Bertz CT molecular complexity index is 1150. The van der Waals surface area contributed by atoms with Crippen LogP contribution in [0.1, 0.15) is 42.7 Å². The average Bonchev–Trinajstić information content (AvgIpc) is 2.87. The van der Waals surface area contributed by atoms with Crippen molar-refractivity contribution >= 4 is 35.0 Å². The van der Waals surface area contributed by atoms with Crippen LogP contribution < -0.4 is 9.64 Å². The first kappa shape index (κ1) is 21.6. The highest BCUT2D eigenvalue weighted by molar-refractivity contribution is 7.98. The molecule has 0 radical (unpaired) electrons. The number of rotatable bonds is 4. The van der Waals surface area contributed by atoms with E-state index in [2.05, 4.69) is 21.2 Å². The quantitative estimate of drug-likeness (QED) is 0.467. The summed E-state index contributed by atoms with van der Waals surface area (Å²) in [6.07, 6.45) is 2.30. The Morgan fingerprint density at radius 2 is 2.00 bits per heavy atom. The zero-order valence-corrected chi connectivity index (χ0v) is 19.4. The number of hydrogen-bond donors (Lipinski definition) is 0. The molecule has 1 atom stereocenters. The average molecular weight is 455 g/mol. The predicted octanol–water partition coefficient (Wildman–Crippen LogP) is 5.76. The third-order valence-electron chi connectivity index (χ3n) is 5.17. The van der Waals surface area contributed by atoms with Crippen molar-refractivity contribution in [2.24, 2.45) is 0 Å². The molecule has 2 aromatic carbocycles. The summed E-state index contributed by atoms with van der Waals surface area (Å²) in [6, 6.07) is 11.5.